The number of pyridine rings is 1. The van der Waals surface area contributed by atoms with Gasteiger partial charge in [-0.3, -0.25) is 15.1 Å². The number of rotatable bonds is 3. The Balaban J connectivity index is 3.34. The van der Waals surface area contributed by atoms with Gasteiger partial charge in [0.05, 0.1) is 22.3 Å². The van der Waals surface area contributed by atoms with Gasteiger partial charge in [-0.2, -0.15) is 0 Å². The topological polar surface area (TPSA) is 59.3 Å². The Bertz CT molecular complexity index is 449. The van der Waals surface area contributed by atoms with E-state index in [1.807, 2.05) is 0 Å². The second kappa shape index (κ2) is 4.74. The second-order valence-electron chi connectivity index (χ2n) is 3.49. The number of hydrogen-bond acceptors (Lipinski definition) is 4. The molecule has 0 fully saturated rings. The smallest absolute Gasteiger partial charge is 0.290 e. The molecule has 0 radical (unpaired) electrons. The first-order valence-corrected chi connectivity index (χ1v) is 4.57. The highest BCUT2D eigenvalue weighted by atomic mass is 19.1. The number of nitrogens with zero attached hydrogens (tertiary/aromatic N) is 3. The van der Waals surface area contributed by atoms with E-state index in [1.54, 1.807) is 25.2 Å². The zero-order chi connectivity index (χ0) is 12.3. The zero-order valence-corrected chi connectivity index (χ0v) is 9.27. The van der Waals surface area contributed by atoms with Gasteiger partial charge in [0.1, 0.15) is 0 Å². The van der Waals surface area contributed by atoms with Crippen molar-refractivity contribution in [3.63, 3.8) is 0 Å². The standard InChI is InChI=1S/C9H11BFN3O2/c1-13(2)4-3-6-7(11)5-12-9(10)8(6)14(15)16/h3-5H,10H2,1-2H3/b4-3+. The Kier molecular flexibility index (Phi) is 3.60. The van der Waals surface area contributed by atoms with E-state index in [9.17, 15) is 14.5 Å². The minimum atomic E-state index is -0.699. The number of halogens is 1. The van der Waals surface area contributed by atoms with Gasteiger partial charge in [-0.05, 0) is 12.3 Å². The Hall–Kier alpha value is -1.92. The molecule has 16 heavy (non-hydrogen) atoms. The van der Waals surface area contributed by atoms with Crippen LogP contribution >= 0.6 is 0 Å². The molecular weight excluding hydrogens is 212 g/mol. The molecule has 0 atom stereocenters. The highest BCUT2D eigenvalue weighted by molar-refractivity contribution is 6.33. The molecule has 0 bridgehead atoms. The molecule has 0 aliphatic carbocycles. The van der Waals surface area contributed by atoms with Crippen molar-refractivity contribution in [2.24, 2.45) is 0 Å². The summed E-state index contributed by atoms with van der Waals surface area (Å²) in [5.74, 6) is -0.699. The average molecular weight is 223 g/mol. The van der Waals surface area contributed by atoms with Crippen molar-refractivity contribution in [1.82, 2.24) is 9.88 Å². The Morgan fingerprint density at radius 1 is 1.62 bits per heavy atom. The van der Waals surface area contributed by atoms with Crippen LogP contribution < -0.4 is 5.59 Å². The average Bonchev–Trinajstić information content (AvgIpc) is 2.18. The summed E-state index contributed by atoms with van der Waals surface area (Å²) in [6, 6.07) is 0. The third-order valence-corrected chi connectivity index (χ3v) is 1.95. The van der Waals surface area contributed by atoms with Crippen LogP contribution in [0.5, 0.6) is 0 Å². The summed E-state index contributed by atoms with van der Waals surface area (Å²) < 4.78 is 13.4. The lowest BCUT2D eigenvalue weighted by Crippen LogP contribution is -2.16. The first-order chi connectivity index (χ1) is 7.43. The maximum Gasteiger partial charge on any atom is 0.290 e. The molecule has 0 unspecified atom stereocenters. The molecule has 1 rings (SSSR count). The van der Waals surface area contributed by atoms with Crippen molar-refractivity contribution >= 4 is 25.2 Å². The van der Waals surface area contributed by atoms with Crippen molar-refractivity contribution < 1.29 is 9.31 Å². The minimum absolute atomic E-state index is 0.0498. The molecule has 0 N–H and O–H groups in total. The summed E-state index contributed by atoms with van der Waals surface area (Å²) in [4.78, 5) is 15.5. The lowest BCUT2D eigenvalue weighted by atomic mass is 9.98. The van der Waals surface area contributed by atoms with Crippen molar-refractivity contribution in [3.05, 3.63) is 33.9 Å². The normalized spacial score (nSPS) is 10.7. The van der Waals surface area contributed by atoms with Crippen molar-refractivity contribution in [3.8, 4) is 0 Å². The van der Waals surface area contributed by atoms with E-state index in [-0.39, 0.29) is 16.8 Å². The van der Waals surface area contributed by atoms with E-state index < -0.39 is 10.7 Å². The second-order valence-corrected chi connectivity index (χ2v) is 3.49. The molecule has 84 valence electrons. The Morgan fingerprint density at radius 3 is 2.75 bits per heavy atom. The van der Waals surface area contributed by atoms with Gasteiger partial charge in [-0.15, -0.1) is 0 Å². The fourth-order valence-corrected chi connectivity index (χ4v) is 1.20. The van der Waals surface area contributed by atoms with Crippen LogP contribution in [-0.2, 0) is 0 Å². The molecule has 7 heteroatoms. The fraction of sp³-hybridized carbons (Fsp3) is 0.222. The van der Waals surface area contributed by atoms with Gasteiger partial charge in [0.2, 0.25) is 0 Å². The maximum atomic E-state index is 13.4. The maximum absolute atomic E-state index is 13.4. The van der Waals surface area contributed by atoms with Crippen LogP contribution in [-0.4, -0.2) is 36.7 Å². The van der Waals surface area contributed by atoms with Gasteiger partial charge in [0.15, 0.2) is 13.7 Å². The lowest BCUT2D eigenvalue weighted by molar-refractivity contribution is -0.384. The van der Waals surface area contributed by atoms with E-state index in [0.29, 0.717) is 0 Å². The Morgan fingerprint density at radius 2 is 2.25 bits per heavy atom. The van der Waals surface area contributed by atoms with E-state index in [0.717, 1.165) is 6.20 Å². The molecule has 0 aliphatic rings. The van der Waals surface area contributed by atoms with Crippen LogP contribution in [0.15, 0.2) is 12.4 Å². The van der Waals surface area contributed by atoms with Gasteiger partial charge in [-0.25, -0.2) is 4.39 Å². The summed E-state index contributed by atoms with van der Waals surface area (Å²) in [6.07, 6.45) is 3.89. The van der Waals surface area contributed by atoms with Crippen LogP contribution in [0.25, 0.3) is 6.08 Å². The van der Waals surface area contributed by atoms with Crippen LogP contribution in [0.1, 0.15) is 5.56 Å². The predicted molar refractivity (Wildman–Crippen MR) is 61.7 cm³/mol. The molecule has 0 amide bonds. The summed E-state index contributed by atoms with van der Waals surface area (Å²) in [7, 11) is 4.97. The van der Waals surface area contributed by atoms with E-state index in [2.05, 4.69) is 4.98 Å². The van der Waals surface area contributed by atoms with E-state index in [1.165, 1.54) is 13.9 Å². The largest absolute Gasteiger partial charge is 0.383 e. The van der Waals surface area contributed by atoms with Gasteiger partial charge < -0.3 is 4.90 Å². The number of hydrogen-bond donors (Lipinski definition) is 0. The molecule has 0 aromatic carbocycles. The van der Waals surface area contributed by atoms with Crippen molar-refractivity contribution in [1.29, 1.82) is 0 Å². The van der Waals surface area contributed by atoms with Gasteiger partial charge in [-0.1, -0.05) is 0 Å². The summed E-state index contributed by atoms with van der Waals surface area (Å²) in [5.41, 5.74) is -0.144. The lowest BCUT2D eigenvalue weighted by Gasteiger charge is -2.05. The molecule has 1 aromatic rings. The SMILES string of the molecule is Bc1ncc(F)c(/C=C/N(C)C)c1[N+](=O)[O-]. The molecule has 0 saturated carbocycles. The summed E-state index contributed by atoms with van der Waals surface area (Å²) in [5, 5.41) is 10.8. The summed E-state index contributed by atoms with van der Waals surface area (Å²) >= 11 is 0. The third kappa shape index (κ3) is 2.56. The van der Waals surface area contributed by atoms with Crippen LogP contribution in [0.2, 0.25) is 0 Å². The monoisotopic (exact) mass is 223 g/mol. The minimum Gasteiger partial charge on any atom is -0.383 e. The summed E-state index contributed by atoms with van der Waals surface area (Å²) in [6.45, 7) is 0. The fourth-order valence-electron chi connectivity index (χ4n) is 1.20. The first-order valence-electron chi connectivity index (χ1n) is 4.57. The van der Waals surface area contributed by atoms with E-state index in [4.69, 9.17) is 0 Å². The van der Waals surface area contributed by atoms with Gasteiger partial charge in [0.25, 0.3) is 5.69 Å². The third-order valence-electron chi connectivity index (χ3n) is 1.95. The van der Waals surface area contributed by atoms with E-state index >= 15 is 0 Å². The van der Waals surface area contributed by atoms with Gasteiger partial charge >= 0.3 is 0 Å². The Labute approximate surface area is 93.2 Å². The number of nitro groups is 1. The van der Waals surface area contributed by atoms with Crippen LogP contribution in [0.4, 0.5) is 10.1 Å². The molecule has 0 spiro atoms. The number of aromatic nitrogens is 1. The van der Waals surface area contributed by atoms with Crippen molar-refractivity contribution in [2.75, 3.05) is 14.1 Å². The van der Waals surface area contributed by atoms with Crippen molar-refractivity contribution in [2.45, 2.75) is 0 Å². The first kappa shape index (κ1) is 12.2. The zero-order valence-electron chi connectivity index (χ0n) is 9.27. The molecule has 1 heterocycles. The van der Waals surface area contributed by atoms with Crippen LogP contribution in [0.3, 0.4) is 0 Å². The highest BCUT2D eigenvalue weighted by Crippen LogP contribution is 2.19. The molecule has 0 saturated heterocycles. The molecule has 5 nitrogen and oxygen atoms in total. The van der Waals surface area contributed by atoms with Crippen LogP contribution in [0, 0.1) is 15.9 Å². The molecular formula is C9H11BFN3O2. The molecule has 1 aromatic heterocycles. The quantitative estimate of drug-likeness (QED) is 0.408. The predicted octanol–water partition coefficient (Wildman–Crippen LogP) is -0.0804. The van der Waals surface area contributed by atoms with Gasteiger partial charge in [0, 0.05) is 14.1 Å². The highest BCUT2D eigenvalue weighted by Gasteiger charge is 2.20. The molecule has 0 aliphatic heterocycles.